The molecule has 2 aromatic heterocycles. The van der Waals surface area contributed by atoms with Crippen molar-refractivity contribution in [3.8, 4) is 28.5 Å². The van der Waals surface area contributed by atoms with Crippen molar-refractivity contribution in [1.29, 1.82) is 0 Å². The van der Waals surface area contributed by atoms with E-state index in [9.17, 15) is 9.50 Å². The van der Waals surface area contributed by atoms with Crippen LogP contribution in [0.5, 0.6) is 5.75 Å². The molecule has 1 aliphatic rings. The fourth-order valence-corrected chi connectivity index (χ4v) is 4.89. The molecule has 176 valence electrons. The zero-order valence-corrected chi connectivity index (χ0v) is 20.8. The molecular formula is C20H25FN8OS3. The van der Waals surface area contributed by atoms with Crippen LogP contribution in [0.3, 0.4) is 0 Å². The normalized spacial score (nSPS) is 21.2. The van der Waals surface area contributed by atoms with Gasteiger partial charge in [-0.15, -0.1) is 58.3 Å². The summed E-state index contributed by atoms with van der Waals surface area (Å²) in [4.78, 5) is 7.31. The van der Waals surface area contributed by atoms with Crippen molar-refractivity contribution in [3.63, 3.8) is 0 Å². The number of hydrogen-bond donors (Lipinski definition) is 4. The minimum Gasteiger partial charge on any atom is -0.507 e. The van der Waals surface area contributed by atoms with Crippen LogP contribution in [-0.2, 0) is 7.05 Å². The number of rotatable bonds is 6. The molecule has 13 heteroatoms. The van der Waals surface area contributed by atoms with E-state index in [0.29, 0.717) is 41.5 Å². The van der Waals surface area contributed by atoms with Crippen LogP contribution in [0.4, 0.5) is 10.2 Å². The summed E-state index contributed by atoms with van der Waals surface area (Å²) in [6.07, 6.45) is 3.33. The number of aromatic hydroxyl groups is 1. The lowest BCUT2D eigenvalue weighted by Gasteiger charge is -2.44. The van der Waals surface area contributed by atoms with E-state index in [-0.39, 0.29) is 11.6 Å². The third-order valence-electron chi connectivity index (χ3n) is 5.88. The van der Waals surface area contributed by atoms with E-state index in [4.69, 9.17) is 0 Å². The molecule has 1 saturated carbocycles. The fourth-order valence-electron chi connectivity index (χ4n) is 4.14. The molecular weight excluding hydrogens is 483 g/mol. The van der Waals surface area contributed by atoms with Crippen molar-refractivity contribution < 1.29 is 9.50 Å². The predicted octanol–water partition coefficient (Wildman–Crippen LogP) is 3.56. The highest BCUT2D eigenvalue weighted by atomic mass is 32.2. The number of tetrazole rings is 1. The summed E-state index contributed by atoms with van der Waals surface area (Å²) in [5.41, 5.74) is 0.982. The molecule has 2 heterocycles. The van der Waals surface area contributed by atoms with E-state index in [1.807, 2.05) is 0 Å². The van der Waals surface area contributed by atoms with Crippen LogP contribution in [0.2, 0.25) is 0 Å². The van der Waals surface area contributed by atoms with Crippen LogP contribution >= 0.6 is 37.9 Å². The maximum atomic E-state index is 14.9. The molecule has 1 aromatic carbocycles. The molecule has 0 radical (unpaired) electrons. The fraction of sp³-hybridized carbons (Fsp3) is 0.500. The highest BCUT2D eigenvalue weighted by Gasteiger charge is 2.41. The Bertz CT molecular complexity index is 1110. The Balaban J connectivity index is 1.62. The summed E-state index contributed by atoms with van der Waals surface area (Å²) in [5, 5.41) is 30.8. The smallest absolute Gasteiger partial charge is 0.205 e. The number of alkyl halides is 1. The second-order valence-electron chi connectivity index (χ2n) is 8.12. The zero-order valence-electron chi connectivity index (χ0n) is 18.1. The average Bonchev–Trinajstić information content (AvgIpc) is 3.21. The van der Waals surface area contributed by atoms with Crippen molar-refractivity contribution in [3.05, 3.63) is 24.4 Å². The maximum Gasteiger partial charge on any atom is 0.205 e. The first-order valence-electron chi connectivity index (χ1n) is 10.5. The van der Waals surface area contributed by atoms with E-state index in [0.717, 1.165) is 12.8 Å². The van der Waals surface area contributed by atoms with Crippen LogP contribution in [0.1, 0.15) is 32.6 Å². The Labute approximate surface area is 207 Å². The van der Waals surface area contributed by atoms with Gasteiger partial charge in [-0.2, -0.15) is 4.80 Å². The predicted molar refractivity (Wildman–Crippen MR) is 133 cm³/mol. The van der Waals surface area contributed by atoms with Crippen molar-refractivity contribution >= 4 is 43.7 Å². The van der Waals surface area contributed by atoms with Gasteiger partial charge in [-0.3, -0.25) is 0 Å². The second-order valence-corrected chi connectivity index (χ2v) is 11.1. The van der Waals surface area contributed by atoms with Gasteiger partial charge in [0.25, 0.3) is 0 Å². The highest BCUT2D eigenvalue weighted by molar-refractivity contribution is 8.17. The van der Waals surface area contributed by atoms with Gasteiger partial charge in [0.1, 0.15) is 11.9 Å². The Morgan fingerprint density at radius 2 is 1.97 bits per heavy atom. The number of phenols is 1. The molecule has 4 rings (SSSR count). The number of aryl methyl sites for hydroxylation is 1. The zero-order chi connectivity index (χ0) is 23.8. The summed E-state index contributed by atoms with van der Waals surface area (Å²) in [6.45, 7) is 2.11. The van der Waals surface area contributed by atoms with Crippen molar-refractivity contribution in [2.24, 2.45) is 13.0 Å². The first-order valence-corrected chi connectivity index (χ1v) is 11.9. The summed E-state index contributed by atoms with van der Waals surface area (Å²) in [6, 6.07) is 4.40. The van der Waals surface area contributed by atoms with Crippen molar-refractivity contribution in [1.82, 2.24) is 35.4 Å². The van der Waals surface area contributed by atoms with Gasteiger partial charge in [0.2, 0.25) is 5.82 Å². The summed E-state index contributed by atoms with van der Waals surface area (Å²) >= 11 is 13.4. The van der Waals surface area contributed by atoms with Gasteiger partial charge in [0, 0.05) is 5.56 Å². The molecule has 3 aromatic rings. The standard InChI is InChI=1S/C20H25FN8OS3/c1-3-11-4-7-14(21)15(8-11)29(20(31,32)33)17-10-22-19(24-23-17)13-6-5-12(9-16(13)30)18-25-27-28(2)26-18/h5-6,9-11,14-15,30-33H,3-4,7-8H2,1-2H3/t11-,14+,15-/m1/s1. The number of thiol groups is 3. The van der Waals surface area contributed by atoms with Gasteiger partial charge in [-0.05, 0) is 42.5 Å². The monoisotopic (exact) mass is 508 g/mol. The molecule has 0 amide bonds. The van der Waals surface area contributed by atoms with E-state index in [1.54, 1.807) is 24.1 Å². The van der Waals surface area contributed by atoms with E-state index in [2.05, 4.69) is 75.4 Å². The third kappa shape index (κ3) is 5.19. The molecule has 0 aliphatic heterocycles. The quantitative estimate of drug-likeness (QED) is 0.296. The first kappa shape index (κ1) is 24.0. The molecule has 1 aliphatic carbocycles. The molecule has 9 nitrogen and oxygen atoms in total. The minimum atomic E-state index is -1.27. The van der Waals surface area contributed by atoms with Gasteiger partial charge >= 0.3 is 0 Å². The largest absolute Gasteiger partial charge is 0.507 e. The van der Waals surface area contributed by atoms with Crippen LogP contribution in [-0.4, -0.2) is 56.2 Å². The van der Waals surface area contributed by atoms with Gasteiger partial charge in [-0.25, -0.2) is 9.37 Å². The van der Waals surface area contributed by atoms with Crippen LogP contribution in [0.25, 0.3) is 22.8 Å². The molecule has 1 N–H and O–H groups in total. The molecule has 0 saturated heterocycles. The van der Waals surface area contributed by atoms with Gasteiger partial charge in [-0.1, -0.05) is 19.4 Å². The summed E-state index contributed by atoms with van der Waals surface area (Å²) < 4.78 is 13.7. The lowest BCUT2D eigenvalue weighted by Crippen LogP contribution is -2.52. The van der Waals surface area contributed by atoms with Crippen molar-refractivity contribution in [2.45, 2.75) is 48.4 Å². The first-order chi connectivity index (χ1) is 15.7. The Morgan fingerprint density at radius 3 is 2.55 bits per heavy atom. The molecule has 33 heavy (non-hydrogen) atoms. The number of hydrogen-bond acceptors (Lipinski definition) is 11. The SMILES string of the molecule is CC[C@@H]1CC[C@H](F)[C@H](N(c2cnc(-c3ccc(-c4nnn(C)n4)cc3O)nn2)C(S)(S)S)C1. The van der Waals surface area contributed by atoms with Crippen LogP contribution in [0, 0.1) is 5.92 Å². The van der Waals surface area contributed by atoms with E-state index in [1.165, 1.54) is 17.1 Å². The number of anilines is 1. The number of nitrogens with zero attached hydrogens (tertiary/aromatic N) is 8. The summed E-state index contributed by atoms with van der Waals surface area (Å²) in [5.74, 6) is 1.25. The Morgan fingerprint density at radius 1 is 1.18 bits per heavy atom. The number of phenolic OH excluding ortho intramolecular Hbond substituents is 1. The molecule has 0 bridgehead atoms. The van der Waals surface area contributed by atoms with Crippen LogP contribution < -0.4 is 4.90 Å². The van der Waals surface area contributed by atoms with Crippen LogP contribution in [0.15, 0.2) is 24.4 Å². The average molecular weight is 509 g/mol. The lowest BCUT2D eigenvalue weighted by atomic mass is 9.82. The number of aromatic nitrogens is 7. The minimum absolute atomic E-state index is 0.0554. The molecule has 0 spiro atoms. The van der Waals surface area contributed by atoms with Gasteiger partial charge in [0.05, 0.1) is 24.8 Å². The van der Waals surface area contributed by atoms with E-state index >= 15 is 0 Å². The highest BCUT2D eigenvalue weighted by Crippen LogP contribution is 2.41. The van der Waals surface area contributed by atoms with Gasteiger partial charge in [0.15, 0.2) is 15.2 Å². The molecule has 0 unspecified atom stereocenters. The van der Waals surface area contributed by atoms with Gasteiger partial charge < -0.3 is 10.0 Å². The van der Waals surface area contributed by atoms with E-state index < -0.39 is 15.7 Å². The lowest BCUT2D eigenvalue weighted by molar-refractivity contribution is 0.168. The Hall–Kier alpha value is -2.12. The molecule has 1 fully saturated rings. The van der Waals surface area contributed by atoms with Crippen molar-refractivity contribution in [2.75, 3.05) is 4.90 Å². The second kappa shape index (κ2) is 9.63. The third-order valence-corrected chi connectivity index (χ3v) is 6.52. The summed E-state index contributed by atoms with van der Waals surface area (Å²) in [7, 11) is 1.66. The number of halogens is 1. The Kier molecular flexibility index (Phi) is 7.01. The number of benzene rings is 1. The maximum absolute atomic E-state index is 14.9. The molecule has 3 atom stereocenters. The topological polar surface area (TPSA) is 106 Å².